The van der Waals surface area contributed by atoms with Crippen molar-refractivity contribution in [3.05, 3.63) is 52.4 Å². The van der Waals surface area contributed by atoms with Crippen LogP contribution < -0.4 is 0 Å². The standard InChI is InChI=1S/C20H21N3OS2/c1-12-6-7-13(2)16(11-12)18(24)14(3)26-20-22-21-19(17-5-4-10-25-17)23(20)15-8-9-15/h4-7,10-11,14-15H,8-9H2,1-3H3. The lowest BCUT2D eigenvalue weighted by molar-refractivity contribution is 0.0993. The molecular weight excluding hydrogens is 362 g/mol. The van der Waals surface area contributed by atoms with E-state index in [9.17, 15) is 4.79 Å². The van der Waals surface area contributed by atoms with Crippen LogP contribution in [0.25, 0.3) is 10.7 Å². The Labute approximate surface area is 161 Å². The SMILES string of the molecule is Cc1ccc(C)c(C(=O)C(C)Sc2nnc(-c3cccs3)n2C2CC2)c1. The molecular formula is C20H21N3OS2. The normalized spacial score (nSPS) is 15.2. The largest absolute Gasteiger partial charge is 0.298 e. The maximum absolute atomic E-state index is 13.0. The van der Waals surface area contributed by atoms with Gasteiger partial charge >= 0.3 is 0 Å². The Bertz CT molecular complexity index is 942. The Morgan fingerprint density at radius 3 is 2.77 bits per heavy atom. The van der Waals surface area contributed by atoms with Gasteiger partial charge in [-0.3, -0.25) is 9.36 Å². The van der Waals surface area contributed by atoms with Crippen molar-refractivity contribution in [3.63, 3.8) is 0 Å². The predicted molar refractivity (Wildman–Crippen MR) is 107 cm³/mol. The van der Waals surface area contributed by atoms with Crippen LogP contribution in [0.15, 0.2) is 40.9 Å². The molecule has 3 aromatic rings. The first-order chi connectivity index (χ1) is 12.5. The zero-order valence-corrected chi connectivity index (χ0v) is 16.7. The van der Waals surface area contributed by atoms with Crippen LogP contribution in [0.2, 0.25) is 0 Å². The minimum absolute atomic E-state index is 0.152. The molecule has 26 heavy (non-hydrogen) atoms. The van der Waals surface area contributed by atoms with Crippen LogP contribution in [0.5, 0.6) is 0 Å². The molecule has 1 saturated carbocycles. The third-order valence-electron chi connectivity index (χ3n) is 4.63. The smallest absolute Gasteiger partial charge is 0.192 e. The number of aryl methyl sites for hydroxylation is 2. The number of Topliss-reactive ketones (excluding diaryl/α,β-unsaturated/α-hetero) is 1. The van der Waals surface area contributed by atoms with Gasteiger partial charge in [0.25, 0.3) is 0 Å². The van der Waals surface area contributed by atoms with Crippen molar-refractivity contribution in [1.82, 2.24) is 14.8 Å². The number of hydrogen-bond donors (Lipinski definition) is 0. The van der Waals surface area contributed by atoms with Gasteiger partial charge in [-0.1, -0.05) is 35.5 Å². The van der Waals surface area contributed by atoms with E-state index in [-0.39, 0.29) is 11.0 Å². The van der Waals surface area contributed by atoms with Gasteiger partial charge in [-0.25, -0.2) is 0 Å². The minimum atomic E-state index is -0.201. The summed E-state index contributed by atoms with van der Waals surface area (Å²) in [7, 11) is 0. The molecule has 1 aliphatic rings. The van der Waals surface area contributed by atoms with Crippen molar-refractivity contribution in [3.8, 4) is 10.7 Å². The monoisotopic (exact) mass is 383 g/mol. The number of hydrogen-bond acceptors (Lipinski definition) is 5. The molecule has 0 bridgehead atoms. The van der Waals surface area contributed by atoms with Gasteiger partial charge in [0.05, 0.1) is 10.1 Å². The third-order valence-corrected chi connectivity index (χ3v) is 6.55. The summed E-state index contributed by atoms with van der Waals surface area (Å²) in [4.78, 5) is 14.1. The topological polar surface area (TPSA) is 47.8 Å². The summed E-state index contributed by atoms with van der Waals surface area (Å²) in [5, 5.41) is 11.6. The molecule has 0 spiro atoms. The first kappa shape index (κ1) is 17.5. The van der Waals surface area contributed by atoms with Gasteiger partial charge in [-0.05, 0) is 56.7 Å². The van der Waals surface area contributed by atoms with Gasteiger partial charge in [-0.15, -0.1) is 21.5 Å². The van der Waals surface area contributed by atoms with Crippen molar-refractivity contribution < 1.29 is 4.79 Å². The number of carbonyl (C=O) groups is 1. The van der Waals surface area contributed by atoms with Crippen molar-refractivity contribution in [2.75, 3.05) is 0 Å². The molecule has 1 fully saturated rings. The number of rotatable bonds is 6. The molecule has 1 aliphatic carbocycles. The molecule has 4 rings (SSSR count). The van der Waals surface area contributed by atoms with E-state index in [0.717, 1.165) is 45.4 Å². The van der Waals surface area contributed by atoms with Crippen LogP contribution in [0.3, 0.4) is 0 Å². The summed E-state index contributed by atoms with van der Waals surface area (Å²) in [5.41, 5.74) is 2.94. The molecule has 6 heteroatoms. The van der Waals surface area contributed by atoms with Gasteiger partial charge in [-0.2, -0.15) is 0 Å². The van der Waals surface area contributed by atoms with E-state index in [2.05, 4.69) is 26.2 Å². The Balaban J connectivity index is 1.61. The summed E-state index contributed by atoms with van der Waals surface area (Å²) in [6.07, 6.45) is 2.31. The van der Waals surface area contributed by atoms with Crippen LogP contribution in [-0.2, 0) is 0 Å². The maximum atomic E-state index is 13.0. The van der Waals surface area contributed by atoms with Crippen LogP contribution in [-0.4, -0.2) is 25.8 Å². The van der Waals surface area contributed by atoms with E-state index in [4.69, 9.17) is 0 Å². The van der Waals surface area contributed by atoms with Gasteiger partial charge < -0.3 is 0 Å². The van der Waals surface area contributed by atoms with Gasteiger partial charge in [0, 0.05) is 11.6 Å². The Morgan fingerprint density at radius 2 is 2.08 bits per heavy atom. The van der Waals surface area contributed by atoms with Gasteiger partial charge in [0.1, 0.15) is 0 Å². The summed E-state index contributed by atoms with van der Waals surface area (Å²) < 4.78 is 2.23. The minimum Gasteiger partial charge on any atom is -0.298 e. The van der Waals surface area contributed by atoms with Crippen LogP contribution in [0.4, 0.5) is 0 Å². The number of thioether (sulfide) groups is 1. The third kappa shape index (κ3) is 3.35. The van der Waals surface area contributed by atoms with Crippen LogP contribution in [0.1, 0.15) is 47.3 Å². The first-order valence-electron chi connectivity index (χ1n) is 8.81. The van der Waals surface area contributed by atoms with Crippen LogP contribution >= 0.6 is 23.1 Å². The van der Waals surface area contributed by atoms with E-state index < -0.39 is 0 Å². The van der Waals surface area contributed by atoms with Crippen molar-refractivity contribution in [1.29, 1.82) is 0 Å². The summed E-state index contributed by atoms with van der Waals surface area (Å²) in [6.45, 7) is 5.97. The molecule has 2 heterocycles. The van der Waals surface area contributed by atoms with Crippen molar-refractivity contribution in [2.45, 2.75) is 50.1 Å². The van der Waals surface area contributed by atoms with E-state index in [1.165, 1.54) is 11.8 Å². The molecule has 1 atom stereocenters. The summed E-state index contributed by atoms with van der Waals surface area (Å²) in [6, 6.07) is 10.6. The zero-order valence-electron chi connectivity index (χ0n) is 15.1. The van der Waals surface area contributed by atoms with E-state index in [1.54, 1.807) is 11.3 Å². The zero-order chi connectivity index (χ0) is 18.3. The lowest BCUT2D eigenvalue weighted by Gasteiger charge is -2.13. The number of carbonyl (C=O) groups excluding carboxylic acids is 1. The average molecular weight is 384 g/mol. The quantitative estimate of drug-likeness (QED) is 0.427. The summed E-state index contributed by atoms with van der Waals surface area (Å²) >= 11 is 3.19. The molecule has 2 aromatic heterocycles. The number of benzene rings is 1. The first-order valence-corrected chi connectivity index (χ1v) is 10.6. The molecule has 1 unspecified atom stereocenters. The molecule has 1 aromatic carbocycles. The summed E-state index contributed by atoms with van der Waals surface area (Å²) in [5.74, 6) is 1.08. The van der Waals surface area contributed by atoms with E-state index in [0.29, 0.717) is 6.04 Å². The lowest BCUT2D eigenvalue weighted by Crippen LogP contribution is -2.16. The van der Waals surface area contributed by atoms with Crippen molar-refractivity contribution in [2.24, 2.45) is 0 Å². The fourth-order valence-electron chi connectivity index (χ4n) is 3.03. The van der Waals surface area contributed by atoms with Crippen LogP contribution in [0, 0.1) is 13.8 Å². The number of aromatic nitrogens is 3. The Hall–Kier alpha value is -1.92. The highest BCUT2D eigenvalue weighted by atomic mass is 32.2. The second-order valence-electron chi connectivity index (χ2n) is 6.83. The predicted octanol–water partition coefficient (Wildman–Crippen LogP) is 5.32. The van der Waals surface area contributed by atoms with Gasteiger partial charge in [0.2, 0.25) is 0 Å². The highest BCUT2D eigenvalue weighted by Crippen LogP contribution is 2.42. The lowest BCUT2D eigenvalue weighted by atomic mass is 10.0. The second-order valence-corrected chi connectivity index (χ2v) is 9.08. The second kappa shape index (κ2) is 7.00. The Kier molecular flexibility index (Phi) is 4.71. The fraction of sp³-hybridized carbons (Fsp3) is 0.350. The number of ketones is 1. The molecule has 0 amide bonds. The van der Waals surface area contributed by atoms with Crippen molar-refractivity contribution >= 4 is 28.9 Å². The highest BCUT2D eigenvalue weighted by Gasteiger charge is 2.32. The molecule has 0 N–H and O–H groups in total. The fourth-order valence-corrected chi connectivity index (χ4v) is 4.72. The van der Waals surface area contributed by atoms with E-state index >= 15 is 0 Å². The number of thiophene rings is 1. The molecule has 4 nitrogen and oxygen atoms in total. The molecule has 134 valence electrons. The molecule has 0 radical (unpaired) electrons. The number of nitrogens with zero attached hydrogens (tertiary/aromatic N) is 3. The van der Waals surface area contributed by atoms with Gasteiger partial charge in [0.15, 0.2) is 16.8 Å². The average Bonchev–Trinajstić information content (AvgIpc) is 3.15. The van der Waals surface area contributed by atoms with E-state index in [1.807, 2.05) is 45.0 Å². The molecule has 0 aliphatic heterocycles. The maximum Gasteiger partial charge on any atom is 0.192 e. The Morgan fingerprint density at radius 1 is 1.27 bits per heavy atom. The molecule has 0 saturated heterocycles. The highest BCUT2D eigenvalue weighted by molar-refractivity contribution is 8.00.